The van der Waals surface area contributed by atoms with Crippen LogP contribution in [-0.2, 0) is 4.79 Å². The molecule has 0 aromatic rings. The zero-order valence-electron chi connectivity index (χ0n) is 7.92. The minimum absolute atomic E-state index is 0.0995. The summed E-state index contributed by atoms with van der Waals surface area (Å²) in [5.74, 6) is -0.284. The summed E-state index contributed by atoms with van der Waals surface area (Å²) < 4.78 is 0. The summed E-state index contributed by atoms with van der Waals surface area (Å²) in [7, 11) is 1.96. The van der Waals surface area contributed by atoms with Crippen molar-refractivity contribution in [3.63, 3.8) is 0 Å². The topological polar surface area (TPSA) is 72.3 Å². The molecule has 1 unspecified atom stereocenters. The second-order valence-electron chi connectivity index (χ2n) is 3.04. The fourth-order valence-electron chi connectivity index (χ4n) is 1.19. The normalized spacial score (nSPS) is 13.3. The highest BCUT2D eigenvalue weighted by Gasteiger charge is 2.14. The minimum Gasteiger partial charge on any atom is -0.370 e. The Morgan fingerprint density at radius 3 is 2.50 bits per heavy atom. The fraction of sp³-hybridized carbons (Fsp3) is 0.875. The van der Waals surface area contributed by atoms with Crippen molar-refractivity contribution >= 4 is 5.91 Å². The summed E-state index contributed by atoms with van der Waals surface area (Å²) in [6.45, 7) is 3.53. The zero-order valence-corrected chi connectivity index (χ0v) is 7.92. The first-order chi connectivity index (χ1) is 5.61. The average Bonchev–Trinajstić information content (AvgIpc) is 2.00. The van der Waals surface area contributed by atoms with E-state index in [0.717, 1.165) is 13.0 Å². The number of nitrogens with two attached hydrogens (primary N) is 2. The molecule has 4 N–H and O–H groups in total. The molecule has 0 heterocycles. The van der Waals surface area contributed by atoms with E-state index in [-0.39, 0.29) is 11.9 Å². The smallest absolute Gasteiger partial charge is 0.219 e. The molecule has 0 aliphatic rings. The van der Waals surface area contributed by atoms with E-state index in [1.54, 1.807) is 0 Å². The summed E-state index contributed by atoms with van der Waals surface area (Å²) in [6, 6.07) is 0.0995. The summed E-state index contributed by atoms with van der Waals surface area (Å²) in [4.78, 5) is 12.7. The van der Waals surface area contributed by atoms with Gasteiger partial charge in [-0.15, -0.1) is 0 Å². The van der Waals surface area contributed by atoms with Gasteiger partial charge >= 0.3 is 0 Å². The van der Waals surface area contributed by atoms with Crippen molar-refractivity contribution in [2.24, 2.45) is 11.5 Å². The lowest BCUT2D eigenvalue weighted by atomic mass is 10.1. The predicted octanol–water partition coefficient (Wildman–Crippen LogP) is -0.469. The quantitative estimate of drug-likeness (QED) is 0.570. The van der Waals surface area contributed by atoms with Gasteiger partial charge in [-0.05, 0) is 20.0 Å². The molecule has 12 heavy (non-hydrogen) atoms. The van der Waals surface area contributed by atoms with Crippen LogP contribution in [0.5, 0.6) is 0 Å². The van der Waals surface area contributed by atoms with E-state index in [1.807, 2.05) is 7.05 Å². The zero-order chi connectivity index (χ0) is 9.56. The Labute approximate surface area is 73.9 Å². The molecule has 0 rings (SSSR count). The number of carbonyl (C=O) groups excluding carboxylic acids is 1. The van der Waals surface area contributed by atoms with E-state index in [9.17, 15) is 4.79 Å². The number of likely N-dealkylation sites (N-methyl/N-ethyl adjacent to an activating group) is 1. The van der Waals surface area contributed by atoms with Gasteiger partial charge in [0.25, 0.3) is 0 Å². The monoisotopic (exact) mass is 173 g/mol. The minimum atomic E-state index is -0.284. The second-order valence-corrected chi connectivity index (χ2v) is 3.04. The lowest BCUT2D eigenvalue weighted by Crippen LogP contribution is -2.41. The van der Waals surface area contributed by atoms with Crippen LogP contribution in [0.3, 0.4) is 0 Å². The lowest BCUT2D eigenvalue weighted by Gasteiger charge is -2.25. The van der Waals surface area contributed by atoms with Gasteiger partial charge in [0.05, 0.1) is 0 Å². The Morgan fingerprint density at radius 2 is 2.17 bits per heavy atom. The lowest BCUT2D eigenvalue weighted by molar-refractivity contribution is -0.119. The Morgan fingerprint density at radius 1 is 1.58 bits per heavy atom. The van der Waals surface area contributed by atoms with Gasteiger partial charge in [0.2, 0.25) is 5.91 Å². The van der Waals surface area contributed by atoms with E-state index in [4.69, 9.17) is 11.5 Å². The number of rotatable bonds is 6. The number of hydrogen-bond donors (Lipinski definition) is 2. The van der Waals surface area contributed by atoms with Gasteiger partial charge in [-0.1, -0.05) is 6.92 Å². The maximum Gasteiger partial charge on any atom is 0.219 e. The van der Waals surface area contributed by atoms with Crippen LogP contribution in [0, 0.1) is 0 Å². The molecule has 0 aliphatic heterocycles. The predicted molar refractivity (Wildman–Crippen MR) is 49.6 cm³/mol. The summed E-state index contributed by atoms with van der Waals surface area (Å²) in [6.07, 6.45) is 1.42. The molecule has 0 bridgehead atoms. The number of primary amides is 1. The van der Waals surface area contributed by atoms with E-state index >= 15 is 0 Å². The van der Waals surface area contributed by atoms with Crippen LogP contribution in [-0.4, -0.2) is 37.0 Å². The van der Waals surface area contributed by atoms with Gasteiger partial charge in [-0.3, -0.25) is 4.79 Å². The standard InChI is InChI=1S/C8H19N3O/c1-3-4-11(2)7(6-9)5-8(10)12/h7H,3-6,9H2,1-2H3,(H2,10,12). The number of carbonyl (C=O) groups is 1. The van der Waals surface area contributed by atoms with E-state index < -0.39 is 0 Å². The first-order valence-electron chi connectivity index (χ1n) is 4.30. The van der Waals surface area contributed by atoms with E-state index in [1.165, 1.54) is 0 Å². The molecule has 72 valence electrons. The first kappa shape index (κ1) is 11.4. The van der Waals surface area contributed by atoms with Crippen molar-refractivity contribution in [2.45, 2.75) is 25.8 Å². The van der Waals surface area contributed by atoms with Gasteiger partial charge in [0.1, 0.15) is 0 Å². The summed E-state index contributed by atoms with van der Waals surface area (Å²) in [5.41, 5.74) is 10.6. The van der Waals surface area contributed by atoms with Crippen molar-refractivity contribution < 1.29 is 4.79 Å². The molecular weight excluding hydrogens is 154 g/mol. The SMILES string of the molecule is CCCN(C)C(CN)CC(N)=O. The summed E-state index contributed by atoms with van der Waals surface area (Å²) in [5, 5.41) is 0. The van der Waals surface area contributed by atoms with Crippen molar-refractivity contribution in [3.8, 4) is 0 Å². The van der Waals surface area contributed by atoms with Crippen molar-refractivity contribution in [2.75, 3.05) is 20.1 Å². The van der Waals surface area contributed by atoms with Crippen LogP contribution in [0.25, 0.3) is 0 Å². The molecule has 0 aromatic carbocycles. The van der Waals surface area contributed by atoms with Gasteiger partial charge in [0, 0.05) is 19.0 Å². The molecule has 0 spiro atoms. The van der Waals surface area contributed by atoms with Crippen LogP contribution >= 0.6 is 0 Å². The highest BCUT2D eigenvalue weighted by molar-refractivity contribution is 5.74. The molecule has 4 nitrogen and oxygen atoms in total. The number of nitrogens with zero attached hydrogens (tertiary/aromatic N) is 1. The maximum absolute atomic E-state index is 10.6. The highest BCUT2D eigenvalue weighted by Crippen LogP contribution is 2.00. The van der Waals surface area contributed by atoms with Crippen molar-refractivity contribution in [1.82, 2.24) is 4.90 Å². The van der Waals surface area contributed by atoms with Crippen molar-refractivity contribution in [3.05, 3.63) is 0 Å². The Balaban J connectivity index is 3.86. The fourth-order valence-corrected chi connectivity index (χ4v) is 1.19. The van der Waals surface area contributed by atoms with Crippen LogP contribution < -0.4 is 11.5 Å². The van der Waals surface area contributed by atoms with Gasteiger partial charge < -0.3 is 16.4 Å². The molecule has 0 aromatic heterocycles. The van der Waals surface area contributed by atoms with E-state index in [2.05, 4.69) is 11.8 Å². The van der Waals surface area contributed by atoms with Crippen LogP contribution in [0.4, 0.5) is 0 Å². The third kappa shape index (κ3) is 4.31. The number of hydrogen-bond acceptors (Lipinski definition) is 3. The van der Waals surface area contributed by atoms with Crippen LogP contribution in [0.1, 0.15) is 19.8 Å². The third-order valence-electron chi connectivity index (χ3n) is 1.91. The van der Waals surface area contributed by atoms with Crippen molar-refractivity contribution in [1.29, 1.82) is 0 Å². The largest absolute Gasteiger partial charge is 0.370 e. The van der Waals surface area contributed by atoms with Crippen LogP contribution in [0.15, 0.2) is 0 Å². The highest BCUT2D eigenvalue weighted by atomic mass is 16.1. The first-order valence-corrected chi connectivity index (χ1v) is 4.30. The molecule has 0 saturated carbocycles. The number of amides is 1. The molecule has 1 atom stereocenters. The van der Waals surface area contributed by atoms with Crippen LogP contribution in [0.2, 0.25) is 0 Å². The maximum atomic E-state index is 10.6. The van der Waals surface area contributed by atoms with Gasteiger partial charge in [-0.25, -0.2) is 0 Å². The third-order valence-corrected chi connectivity index (χ3v) is 1.91. The molecule has 0 fully saturated rings. The second kappa shape index (κ2) is 5.97. The van der Waals surface area contributed by atoms with Gasteiger partial charge in [-0.2, -0.15) is 0 Å². The Kier molecular flexibility index (Phi) is 5.66. The summed E-state index contributed by atoms with van der Waals surface area (Å²) >= 11 is 0. The van der Waals surface area contributed by atoms with E-state index in [0.29, 0.717) is 13.0 Å². The molecular formula is C8H19N3O. The average molecular weight is 173 g/mol. The Hall–Kier alpha value is -0.610. The molecule has 0 radical (unpaired) electrons. The van der Waals surface area contributed by atoms with Gasteiger partial charge in [0.15, 0.2) is 0 Å². The molecule has 0 aliphatic carbocycles. The molecule has 4 heteroatoms. The molecule has 1 amide bonds. The Bertz CT molecular complexity index is 138. The molecule has 0 saturated heterocycles.